The van der Waals surface area contributed by atoms with Crippen LogP contribution in [0.5, 0.6) is 0 Å². The lowest BCUT2D eigenvalue weighted by atomic mass is 9.95. The van der Waals surface area contributed by atoms with Crippen LogP contribution >= 0.6 is 0 Å². The summed E-state index contributed by atoms with van der Waals surface area (Å²) in [5.41, 5.74) is 3.88. The van der Waals surface area contributed by atoms with Gasteiger partial charge in [-0.25, -0.2) is 0 Å². The predicted molar refractivity (Wildman–Crippen MR) is 126 cm³/mol. The summed E-state index contributed by atoms with van der Waals surface area (Å²) in [6, 6.07) is 13.2. The Kier molecular flexibility index (Phi) is 6.20. The molecule has 0 aliphatic carbocycles. The molecule has 0 bridgehead atoms. The van der Waals surface area contributed by atoms with Gasteiger partial charge in [-0.15, -0.1) is 0 Å². The molecule has 3 aromatic rings. The molecular formula is C27H31NO4. The first-order valence-corrected chi connectivity index (χ1v) is 11.4. The number of hydrogen-bond acceptors (Lipinski definition) is 4. The van der Waals surface area contributed by atoms with Crippen LogP contribution in [0.2, 0.25) is 0 Å². The van der Waals surface area contributed by atoms with Crippen molar-refractivity contribution in [2.24, 2.45) is 0 Å². The molecule has 0 saturated carbocycles. The van der Waals surface area contributed by atoms with E-state index in [1.165, 1.54) is 5.56 Å². The zero-order chi connectivity index (χ0) is 23.0. The van der Waals surface area contributed by atoms with Gasteiger partial charge in [0.15, 0.2) is 5.43 Å². The van der Waals surface area contributed by atoms with Crippen molar-refractivity contribution in [1.82, 2.24) is 4.90 Å². The summed E-state index contributed by atoms with van der Waals surface area (Å²) >= 11 is 0. The second-order valence-electron chi connectivity index (χ2n) is 9.17. The van der Waals surface area contributed by atoms with Gasteiger partial charge in [0, 0.05) is 13.2 Å². The van der Waals surface area contributed by atoms with Gasteiger partial charge in [-0.3, -0.25) is 9.59 Å². The molecule has 0 fully saturated rings. The molecule has 2 aromatic carbocycles. The Morgan fingerprint density at radius 2 is 1.75 bits per heavy atom. The predicted octanol–water partition coefficient (Wildman–Crippen LogP) is 5.59. The number of fused-ring (bicyclic) bond motifs is 2. The fraction of sp³-hybridized carbons (Fsp3) is 0.407. The highest BCUT2D eigenvalue weighted by atomic mass is 16.5. The number of carbonyl (C=O) groups excluding carboxylic acids is 1. The summed E-state index contributed by atoms with van der Waals surface area (Å²) in [7, 11) is 0. The van der Waals surface area contributed by atoms with Crippen molar-refractivity contribution in [2.75, 3.05) is 13.2 Å². The number of ether oxygens (including phenoxy) is 1. The zero-order valence-electron chi connectivity index (χ0n) is 19.5. The standard InChI is InChI=1S/C27H31NO4/c1-16(2)19-8-10-20(11-9-19)24-23-25(29)21-15-18(5)7-12-22(21)32-26(23)27(30)28(24)13-6-14-31-17(3)4/h7-12,15-17,24H,6,13-14H2,1-5H3. The van der Waals surface area contributed by atoms with Gasteiger partial charge in [0.2, 0.25) is 5.76 Å². The van der Waals surface area contributed by atoms with Crippen LogP contribution in [0.4, 0.5) is 0 Å². The first kappa shape index (κ1) is 22.3. The van der Waals surface area contributed by atoms with E-state index in [9.17, 15) is 9.59 Å². The molecule has 0 radical (unpaired) electrons. The normalized spacial score (nSPS) is 15.9. The maximum absolute atomic E-state index is 13.6. The van der Waals surface area contributed by atoms with Crippen molar-refractivity contribution in [3.05, 3.63) is 80.7 Å². The minimum absolute atomic E-state index is 0.128. The van der Waals surface area contributed by atoms with E-state index in [4.69, 9.17) is 9.15 Å². The Hall–Kier alpha value is -2.92. The average Bonchev–Trinajstić information content (AvgIpc) is 3.04. The van der Waals surface area contributed by atoms with Crippen LogP contribution in [0, 0.1) is 6.92 Å². The van der Waals surface area contributed by atoms with E-state index >= 15 is 0 Å². The Labute approximate surface area is 189 Å². The Bertz CT molecular complexity index is 1190. The lowest BCUT2D eigenvalue weighted by Gasteiger charge is -2.25. The van der Waals surface area contributed by atoms with E-state index in [-0.39, 0.29) is 23.2 Å². The van der Waals surface area contributed by atoms with E-state index in [0.717, 1.165) is 11.1 Å². The molecular weight excluding hydrogens is 402 g/mol. The van der Waals surface area contributed by atoms with Crippen molar-refractivity contribution in [3.63, 3.8) is 0 Å². The molecule has 168 valence electrons. The molecule has 2 heterocycles. The highest BCUT2D eigenvalue weighted by Gasteiger charge is 2.42. The molecule has 1 unspecified atom stereocenters. The summed E-state index contributed by atoms with van der Waals surface area (Å²) in [5, 5.41) is 0.519. The van der Waals surface area contributed by atoms with E-state index < -0.39 is 6.04 Å². The molecule has 1 aliphatic heterocycles. The van der Waals surface area contributed by atoms with E-state index in [1.54, 1.807) is 11.0 Å². The van der Waals surface area contributed by atoms with E-state index in [2.05, 4.69) is 26.0 Å². The fourth-order valence-corrected chi connectivity index (χ4v) is 4.33. The van der Waals surface area contributed by atoms with Crippen LogP contribution in [0.15, 0.2) is 51.7 Å². The second-order valence-corrected chi connectivity index (χ2v) is 9.17. The van der Waals surface area contributed by atoms with Gasteiger partial charge in [-0.05, 0) is 56.4 Å². The van der Waals surface area contributed by atoms with Gasteiger partial charge in [0.25, 0.3) is 5.91 Å². The Balaban J connectivity index is 1.80. The maximum Gasteiger partial charge on any atom is 0.290 e. The fourth-order valence-electron chi connectivity index (χ4n) is 4.33. The topological polar surface area (TPSA) is 59.8 Å². The van der Waals surface area contributed by atoms with Gasteiger partial charge in [-0.1, -0.05) is 49.7 Å². The molecule has 0 spiro atoms. The number of carbonyl (C=O) groups is 1. The van der Waals surface area contributed by atoms with Crippen LogP contribution in [0.3, 0.4) is 0 Å². The summed E-state index contributed by atoms with van der Waals surface area (Å²) in [5.74, 6) is 0.332. The number of amides is 1. The molecule has 1 aliphatic rings. The van der Waals surface area contributed by atoms with Crippen LogP contribution in [0.25, 0.3) is 11.0 Å². The molecule has 1 amide bonds. The van der Waals surface area contributed by atoms with Gasteiger partial charge >= 0.3 is 0 Å². The molecule has 0 saturated heterocycles. The van der Waals surface area contributed by atoms with Crippen molar-refractivity contribution >= 4 is 16.9 Å². The SMILES string of the molecule is Cc1ccc2oc3c(c(=O)c2c1)C(c1ccc(C(C)C)cc1)N(CCCOC(C)C)C3=O. The van der Waals surface area contributed by atoms with Crippen molar-refractivity contribution in [3.8, 4) is 0 Å². The monoisotopic (exact) mass is 433 g/mol. The highest BCUT2D eigenvalue weighted by Crippen LogP contribution is 2.38. The Morgan fingerprint density at radius 3 is 2.41 bits per heavy atom. The summed E-state index contributed by atoms with van der Waals surface area (Å²) < 4.78 is 11.7. The van der Waals surface area contributed by atoms with E-state index in [0.29, 0.717) is 42.0 Å². The lowest BCUT2D eigenvalue weighted by Crippen LogP contribution is -2.31. The van der Waals surface area contributed by atoms with Crippen molar-refractivity contribution in [2.45, 2.75) is 59.1 Å². The van der Waals surface area contributed by atoms with Crippen molar-refractivity contribution in [1.29, 1.82) is 0 Å². The van der Waals surface area contributed by atoms with Gasteiger partial charge < -0.3 is 14.1 Å². The first-order chi connectivity index (χ1) is 15.3. The summed E-state index contributed by atoms with van der Waals surface area (Å²) in [6.07, 6.45) is 0.823. The molecule has 4 rings (SSSR count). The molecule has 1 atom stereocenters. The lowest BCUT2D eigenvalue weighted by molar-refractivity contribution is 0.0593. The van der Waals surface area contributed by atoms with Crippen LogP contribution in [0.1, 0.15) is 78.9 Å². The number of rotatable bonds is 7. The molecule has 5 nitrogen and oxygen atoms in total. The highest BCUT2D eigenvalue weighted by molar-refractivity contribution is 5.99. The molecule has 0 N–H and O–H groups in total. The van der Waals surface area contributed by atoms with E-state index in [1.807, 2.05) is 45.0 Å². The number of benzene rings is 2. The number of aryl methyl sites for hydroxylation is 1. The van der Waals surface area contributed by atoms with Gasteiger partial charge in [-0.2, -0.15) is 0 Å². The molecule has 1 aromatic heterocycles. The summed E-state index contributed by atoms with van der Waals surface area (Å²) in [6.45, 7) is 11.3. The Morgan fingerprint density at radius 1 is 1.03 bits per heavy atom. The number of nitrogens with zero attached hydrogens (tertiary/aromatic N) is 1. The van der Waals surface area contributed by atoms with Crippen LogP contribution < -0.4 is 5.43 Å². The molecule has 32 heavy (non-hydrogen) atoms. The summed E-state index contributed by atoms with van der Waals surface area (Å²) in [4.78, 5) is 28.7. The van der Waals surface area contributed by atoms with Crippen LogP contribution in [-0.4, -0.2) is 30.1 Å². The first-order valence-electron chi connectivity index (χ1n) is 11.4. The van der Waals surface area contributed by atoms with Gasteiger partial charge in [0.1, 0.15) is 5.58 Å². The quantitative estimate of drug-likeness (QED) is 0.456. The third kappa shape index (κ3) is 4.09. The third-order valence-corrected chi connectivity index (χ3v) is 6.03. The average molecular weight is 434 g/mol. The minimum atomic E-state index is -0.459. The zero-order valence-corrected chi connectivity index (χ0v) is 19.5. The second kappa shape index (κ2) is 8.91. The smallest absolute Gasteiger partial charge is 0.290 e. The minimum Gasteiger partial charge on any atom is -0.450 e. The largest absolute Gasteiger partial charge is 0.450 e. The maximum atomic E-state index is 13.6. The van der Waals surface area contributed by atoms with Gasteiger partial charge in [0.05, 0.1) is 23.1 Å². The van der Waals surface area contributed by atoms with Crippen LogP contribution in [-0.2, 0) is 4.74 Å². The van der Waals surface area contributed by atoms with Crippen molar-refractivity contribution < 1.29 is 13.9 Å². The molecule has 5 heteroatoms. The third-order valence-electron chi connectivity index (χ3n) is 6.03. The number of hydrogen-bond donors (Lipinski definition) is 0.